The molecule has 2 N–H and O–H groups in total. The van der Waals surface area contributed by atoms with E-state index in [1.807, 2.05) is 0 Å². The standard InChI is InChI=1S/C15H19BrN2S/c1-11(2)18(10-12-5-4-8-19-12)15-7-3-6-14(16)13(15)9-17/h3-8,11H,9-10,17H2,1-2H3. The quantitative estimate of drug-likeness (QED) is 0.876. The lowest BCUT2D eigenvalue weighted by atomic mass is 10.1. The maximum Gasteiger partial charge on any atom is 0.0525 e. The Kier molecular flexibility index (Phi) is 5.02. The Morgan fingerprint density at radius 2 is 2.05 bits per heavy atom. The lowest BCUT2D eigenvalue weighted by Gasteiger charge is -2.31. The van der Waals surface area contributed by atoms with Crippen LogP contribution < -0.4 is 10.6 Å². The van der Waals surface area contributed by atoms with Gasteiger partial charge in [-0.2, -0.15) is 0 Å². The van der Waals surface area contributed by atoms with Gasteiger partial charge in [-0.25, -0.2) is 0 Å². The molecular formula is C15H19BrN2S. The maximum absolute atomic E-state index is 5.91. The average molecular weight is 339 g/mol. The van der Waals surface area contributed by atoms with E-state index in [9.17, 15) is 0 Å². The molecule has 0 aliphatic heterocycles. The molecule has 2 rings (SSSR count). The number of anilines is 1. The van der Waals surface area contributed by atoms with Crippen LogP contribution in [0, 0.1) is 0 Å². The molecule has 0 bridgehead atoms. The van der Waals surface area contributed by atoms with Crippen molar-refractivity contribution in [2.45, 2.75) is 33.0 Å². The van der Waals surface area contributed by atoms with E-state index in [0.29, 0.717) is 12.6 Å². The van der Waals surface area contributed by atoms with Crippen LogP contribution >= 0.6 is 27.3 Å². The largest absolute Gasteiger partial charge is 0.364 e. The molecule has 2 aromatic rings. The van der Waals surface area contributed by atoms with E-state index in [-0.39, 0.29) is 0 Å². The van der Waals surface area contributed by atoms with Gasteiger partial charge in [0.15, 0.2) is 0 Å². The Labute approximate surface area is 127 Å². The van der Waals surface area contributed by atoms with Gasteiger partial charge in [-0.3, -0.25) is 0 Å². The van der Waals surface area contributed by atoms with E-state index in [4.69, 9.17) is 5.73 Å². The summed E-state index contributed by atoms with van der Waals surface area (Å²) in [6.45, 7) is 5.91. The van der Waals surface area contributed by atoms with Crippen LogP contribution in [-0.4, -0.2) is 6.04 Å². The predicted molar refractivity (Wildman–Crippen MR) is 87.7 cm³/mol. The van der Waals surface area contributed by atoms with Gasteiger partial charge < -0.3 is 10.6 Å². The molecule has 0 spiro atoms. The zero-order valence-electron chi connectivity index (χ0n) is 11.3. The minimum absolute atomic E-state index is 0.432. The summed E-state index contributed by atoms with van der Waals surface area (Å²) in [6, 6.07) is 11.0. The van der Waals surface area contributed by atoms with Crippen LogP contribution in [0.15, 0.2) is 40.2 Å². The molecule has 102 valence electrons. The third kappa shape index (κ3) is 3.38. The van der Waals surface area contributed by atoms with Crippen LogP contribution in [0.3, 0.4) is 0 Å². The number of halogens is 1. The summed E-state index contributed by atoms with van der Waals surface area (Å²) >= 11 is 5.39. The van der Waals surface area contributed by atoms with Gasteiger partial charge in [0, 0.05) is 33.2 Å². The van der Waals surface area contributed by atoms with Gasteiger partial charge in [0.25, 0.3) is 0 Å². The lowest BCUT2D eigenvalue weighted by molar-refractivity contribution is 0.682. The Morgan fingerprint density at radius 1 is 1.26 bits per heavy atom. The van der Waals surface area contributed by atoms with Gasteiger partial charge in [-0.15, -0.1) is 11.3 Å². The van der Waals surface area contributed by atoms with Crippen molar-refractivity contribution in [3.63, 3.8) is 0 Å². The number of benzene rings is 1. The van der Waals surface area contributed by atoms with Crippen LogP contribution in [0.1, 0.15) is 24.3 Å². The molecule has 4 heteroatoms. The molecule has 19 heavy (non-hydrogen) atoms. The Morgan fingerprint density at radius 3 is 2.63 bits per heavy atom. The highest BCUT2D eigenvalue weighted by Crippen LogP contribution is 2.30. The van der Waals surface area contributed by atoms with Crippen LogP contribution in [0.5, 0.6) is 0 Å². The summed E-state index contributed by atoms with van der Waals surface area (Å²) in [5.41, 5.74) is 8.31. The molecule has 0 saturated carbocycles. The molecule has 1 aromatic heterocycles. The SMILES string of the molecule is CC(C)N(Cc1cccs1)c1cccc(Br)c1CN. The molecule has 0 saturated heterocycles. The van der Waals surface area contributed by atoms with E-state index in [2.05, 4.69) is 70.4 Å². The first-order valence-electron chi connectivity index (χ1n) is 6.40. The second kappa shape index (κ2) is 6.55. The molecule has 0 radical (unpaired) electrons. The number of nitrogens with zero attached hydrogens (tertiary/aromatic N) is 1. The van der Waals surface area contributed by atoms with Crippen molar-refractivity contribution in [3.8, 4) is 0 Å². The topological polar surface area (TPSA) is 29.3 Å². The predicted octanol–water partition coefficient (Wildman–Crippen LogP) is 4.38. The van der Waals surface area contributed by atoms with Crippen molar-refractivity contribution >= 4 is 33.0 Å². The van der Waals surface area contributed by atoms with Crippen molar-refractivity contribution in [2.24, 2.45) is 5.73 Å². The van der Waals surface area contributed by atoms with Gasteiger partial charge in [0.05, 0.1) is 6.54 Å². The fraction of sp³-hybridized carbons (Fsp3) is 0.333. The highest BCUT2D eigenvalue weighted by atomic mass is 79.9. The van der Waals surface area contributed by atoms with Crippen LogP contribution in [0.4, 0.5) is 5.69 Å². The summed E-state index contributed by atoms with van der Waals surface area (Å²) < 4.78 is 1.09. The summed E-state index contributed by atoms with van der Waals surface area (Å²) in [5, 5.41) is 2.12. The fourth-order valence-electron chi connectivity index (χ4n) is 2.13. The Hall–Kier alpha value is -0.840. The zero-order valence-corrected chi connectivity index (χ0v) is 13.7. The monoisotopic (exact) mass is 338 g/mol. The van der Waals surface area contributed by atoms with E-state index in [0.717, 1.165) is 11.0 Å². The summed E-state index contributed by atoms with van der Waals surface area (Å²) in [5.74, 6) is 0. The molecule has 0 aliphatic rings. The fourth-order valence-corrected chi connectivity index (χ4v) is 3.36. The van der Waals surface area contributed by atoms with Crippen molar-refractivity contribution in [3.05, 3.63) is 50.6 Å². The summed E-state index contributed by atoms with van der Waals surface area (Å²) in [4.78, 5) is 3.77. The summed E-state index contributed by atoms with van der Waals surface area (Å²) in [6.07, 6.45) is 0. The van der Waals surface area contributed by atoms with Crippen molar-refractivity contribution in [1.29, 1.82) is 0 Å². The van der Waals surface area contributed by atoms with Gasteiger partial charge in [-0.1, -0.05) is 28.1 Å². The molecule has 0 atom stereocenters. The number of hydrogen-bond donors (Lipinski definition) is 1. The number of hydrogen-bond acceptors (Lipinski definition) is 3. The van der Waals surface area contributed by atoms with Crippen LogP contribution in [0.2, 0.25) is 0 Å². The average Bonchev–Trinajstić information content (AvgIpc) is 2.88. The zero-order chi connectivity index (χ0) is 13.8. The second-order valence-electron chi connectivity index (χ2n) is 4.74. The van der Waals surface area contributed by atoms with E-state index < -0.39 is 0 Å². The first kappa shape index (κ1) is 14.6. The smallest absolute Gasteiger partial charge is 0.0525 e. The minimum Gasteiger partial charge on any atom is -0.364 e. The van der Waals surface area contributed by atoms with E-state index in [1.54, 1.807) is 11.3 Å². The first-order chi connectivity index (χ1) is 9.13. The normalized spacial score (nSPS) is 11.0. The van der Waals surface area contributed by atoms with E-state index in [1.165, 1.54) is 16.1 Å². The third-order valence-corrected chi connectivity index (χ3v) is 4.74. The van der Waals surface area contributed by atoms with Crippen LogP contribution in [-0.2, 0) is 13.1 Å². The molecule has 0 aliphatic carbocycles. The highest BCUT2D eigenvalue weighted by molar-refractivity contribution is 9.10. The molecule has 0 amide bonds. The van der Waals surface area contributed by atoms with E-state index >= 15 is 0 Å². The Bertz CT molecular complexity index is 523. The molecular weight excluding hydrogens is 320 g/mol. The van der Waals surface area contributed by atoms with Crippen LogP contribution in [0.25, 0.3) is 0 Å². The lowest BCUT2D eigenvalue weighted by Crippen LogP contribution is -2.31. The molecule has 0 fully saturated rings. The van der Waals surface area contributed by atoms with Gasteiger partial charge in [0.1, 0.15) is 0 Å². The molecule has 1 aromatic carbocycles. The van der Waals surface area contributed by atoms with Crippen molar-refractivity contribution in [2.75, 3.05) is 4.90 Å². The van der Waals surface area contributed by atoms with Gasteiger partial charge in [0.2, 0.25) is 0 Å². The van der Waals surface area contributed by atoms with Gasteiger partial charge in [-0.05, 0) is 37.4 Å². The number of thiophene rings is 1. The summed E-state index contributed by atoms with van der Waals surface area (Å²) in [7, 11) is 0. The molecule has 2 nitrogen and oxygen atoms in total. The second-order valence-corrected chi connectivity index (χ2v) is 6.63. The third-order valence-electron chi connectivity index (χ3n) is 3.14. The highest BCUT2D eigenvalue weighted by Gasteiger charge is 2.16. The Balaban J connectivity index is 2.36. The number of rotatable bonds is 5. The number of nitrogens with two attached hydrogens (primary N) is 1. The van der Waals surface area contributed by atoms with Gasteiger partial charge >= 0.3 is 0 Å². The maximum atomic E-state index is 5.91. The van der Waals surface area contributed by atoms with Crippen molar-refractivity contribution in [1.82, 2.24) is 0 Å². The molecule has 0 unspecified atom stereocenters. The minimum atomic E-state index is 0.432. The molecule has 1 heterocycles. The first-order valence-corrected chi connectivity index (χ1v) is 8.07. The van der Waals surface area contributed by atoms with Crippen molar-refractivity contribution < 1.29 is 0 Å².